The highest BCUT2D eigenvalue weighted by molar-refractivity contribution is 5.82. The molecule has 1 aromatic rings. The zero-order valence-electron chi connectivity index (χ0n) is 13.4. The lowest BCUT2D eigenvalue weighted by atomic mass is 10.1. The quantitative estimate of drug-likeness (QED) is 0.838. The van der Waals surface area contributed by atoms with Gasteiger partial charge in [0.1, 0.15) is 5.82 Å². The SMILES string of the molecule is CC(C)CN1C[C@@H](N)C[C@H]1C(=O)NCCc1ccccc1F. The lowest BCUT2D eigenvalue weighted by Gasteiger charge is -2.25. The minimum absolute atomic E-state index is 0.00457. The first-order valence-corrected chi connectivity index (χ1v) is 7.98. The van der Waals surface area contributed by atoms with Gasteiger partial charge in [-0.15, -0.1) is 0 Å². The van der Waals surface area contributed by atoms with Crippen LogP contribution in [0.5, 0.6) is 0 Å². The van der Waals surface area contributed by atoms with Gasteiger partial charge in [0, 0.05) is 25.7 Å². The molecule has 1 fully saturated rings. The molecule has 2 atom stereocenters. The fourth-order valence-corrected chi connectivity index (χ4v) is 3.02. The third-order valence-corrected chi connectivity index (χ3v) is 3.99. The summed E-state index contributed by atoms with van der Waals surface area (Å²) < 4.78 is 13.5. The summed E-state index contributed by atoms with van der Waals surface area (Å²) in [5.74, 6) is 0.282. The Morgan fingerprint density at radius 1 is 1.45 bits per heavy atom. The van der Waals surface area contributed by atoms with Crippen LogP contribution in [0.1, 0.15) is 25.8 Å². The second-order valence-corrected chi connectivity index (χ2v) is 6.49. The second kappa shape index (κ2) is 7.70. The number of likely N-dealkylation sites (tertiary alicyclic amines) is 1. The molecule has 1 amide bonds. The lowest BCUT2D eigenvalue weighted by Crippen LogP contribution is -2.45. The van der Waals surface area contributed by atoms with Crippen LogP contribution in [-0.2, 0) is 11.2 Å². The molecule has 0 aromatic heterocycles. The molecule has 3 N–H and O–H groups in total. The molecule has 0 spiro atoms. The van der Waals surface area contributed by atoms with Crippen LogP contribution in [0.25, 0.3) is 0 Å². The molecule has 122 valence electrons. The number of carbonyl (C=O) groups is 1. The topological polar surface area (TPSA) is 58.4 Å². The third-order valence-electron chi connectivity index (χ3n) is 3.99. The molecule has 1 aromatic carbocycles. The number of amides is 1. The number of halogens is 1. The maximum Gasteiger partial charge on any atom is 0.237 e. The van der Waals surface area contributed by atoms with E-state index in [0.717, 1.165) is 13.1 Å². The largest absolute Gasteiger partial charge is 0.354 e. The van der Waals surface area contributed by atoms with E-state index in [1.54, 1.807) is 18.2 Å². The van der Waals surface area contributed by atoms with Crippen LogP contribution < -0.4 is 11.1 Å². The van der Waals surface area contributed by atoms with E-state index in [0.29, 0.717) is 30.9 Å². The predicted octanol–water partition coefficient (Wildman–Crippen LogP) is 1.54. The van der Waals surface area contributed by atoms with Crippen LogP contribution in [0.3, 0.4) is 0 Å². The number of nitrogens with one attached hydrogen (secondary N) is 1. The minimum atomic E-state index is -0.221. The van der Waals surface area contributed by atoms with Gasteiger partial charge in [0.2, 0.25) is 5.91 Å². The lowest BCUT2D eigenvalue weighted by molar-refractivity contribution is -0.125. The Morgan fingerprint density at radius 3 is 2.86 bits per heavy atom. The van der Waals surface area contributed by atoms with Gasteiger partial charge in [-0.2, -0.15) is 0 Å². The molecular formula is C17H26FN3O. The Labute approximate surface area is 131 Å². The van der Waals surface area contributed by atoms with Crippen molar-refractivity contribution in [3.8, 4) is 0 Å². The Morgan fingerprint density at radius 2 is 2.18 bits per heavy atom. The van der Waals surface area contributed by atoms with Crippen LogP contribution in [0.2, 0.25) is 0 Å². The number of rotatable bonds is 6. The molecule has 1 heterocycles. The first kappa shape index (κ1) is 16.9. The number of hydrogen-bond acceptors (Lipinski definition) is 3. The fraction of sp³-hybridized carbons (Fsp3) is 0.588. The normalized spacial score (nSPS) is 22.2. The molecule has 0 unspecified atom stereocenters. The fourth-order valence-electron chi connectivity index (χ4n) is 3.02. The Hall–Kier alpha value is -1.46. The summed E-state index contributed by atoms with van der Waals surface area (Å²) in [6, 6.07) is 6.57. The van der Waals surface area contributed by atoms with Crippen LogP contribution in [0.4, 0.5) is 4.39 Å². The number of nitrogens with two attached hydrogens (primary N) is 1. The van der Waals surface area contributed by atoms with Gasteiger partial charge in [-0.05, 0) is 30.4 Å². The van der Waals surface area contributed by atoms with Crippen LogP contribution in [0, 0.1) is 11.7 Å². The molecular weight excluding hydrogens is 281 g/mol. The van der Waals surface area contributed by atoms with Gasteiger partial charge in [-0.1, -0.05) is 32.0 Å². The zero-order chi connectivity index (χ0) is 16.1. The summed E-state index contributed by atoms with van der Waals surface area (Å²) in [4.78, 5) is 14.5. The molecule has 1 saturated heterocycles. The first-order chi connectivity index (χ1) is 10.5. The van der Waals surface area contributed by atoms with Crippen molar-refractivity contribution in [2.75, 3.05) is 19.6 Å². The van der Waals surface area contributed by atoms with Crippen molar-refractivity contribution >= 4 is 5.91 Å². The highest BCUT2D eigenvalue weighted by Crippen LogP contribution is 2.18. The predicted molar refractivity (Wildman–Crippen MR) is 85.9 cm³/mol. The van der Waals surface area contributed by atoms with Gasteiger partial charge < -0.3 is 11.1 Å². The summed E-state index contributed by atoms with van der Waals surface area (Å²) >= 11 is 0. The van der Waals surface area contributed by atoms with Crippen molar-refractivity contribution in [2.24, 2.45) is 11.7 Å². The molecule has 1 aliphatic heterocycles. The molecule has 0 saturated carbocycles. The smallest absolute Gasteiger partial charge is 0.237 e. The molecule has 0 radical (unpaired) electrons. The summed E-state index contributed by atoms with van der Waals surface area (Å²) in [6.07, 6.45) is 1.19. The van der Waals surface area contributed by atoms with Gasteiger partial charge in [0.25, 0.3) is 0 Å². The van der Waals surface area contributed by atoms with E-state index in [9.17, 15) is 9.18 Å². The minimum Gasteiger partial charge on any atom is -0.354 e. The number of carbonyl (C=O) groups excluding carboxylic acids is 1. The molecule has 4 nitrogen and oxygen atoms in total. The van der Waals surface area contributed by atoms with Crippen molar-refractivity contribution in [2.45, 2.75) is 38.8 Å². The maximum atomic E-state index is 13.5. The standard InChI is InChI=1S/C17H26FN3O/c1-12(2)10-21-11-14(19)9-16(21)17(22)20-8-7-13-5-3-4-6-15(13)18/h3-6,12,14,16H,7-11,19H2,1-2H3,(H,20,22)/t14-,16-/m0/s1. The van der Waals surface area contributed by atoms with Crippen LogP contribution in [-0.4, -0.2) is 42.5 Å². The first-order valence-electron chi connectivity index (χ1n) is 7.98. The monoisotopic (exact) mass is 307 g/mol. The van der Waals surface area contributed by atoms with Crippen molar-refractivity contribution in [3.63, 3.8) is 0 Å². The van der Waals surface area contributed by atoms with Gasteiger partial charge in [-0.3, -0.25) is 9.69 Å². The molecule has 5 heteroatoms. The van der Waals surface area contributed by atoms with Crippen LogP contribution >= 0.6 is 0 Å². The van der Waals surface area contributed by atoms with Gasteiger partial charge >= 0.3 is 0 Å². The van der Waals surface area contributed by atoms with Crippen molar-refractivity contribution < 1.29 is 9.18 Å². The van der Waals surface area contributed by atoms with Crippen molar-refractivity contribution in [1.82, 2.24) is 10.2 Å². The molecule has 0 bridgehead atoms. The van der Waals surface area contributed by atoms with E-state index in [2.05, 4.69) is 24.1 Å². The number of hydrogen-bond donors (Lipinski definition) is 2. The van der Waals surface area contributed by atoms with Gasteiger partial charge in [-0.25, -0.2) is 4.39 Å². The summed E-state index contributed by atoms with van der Waals surface area (Å²) in [5.41, 5.74) is 6.63. The summed E-state index contributed by atoms with van der Waals surface area (Å²) in [7, 11) is 0. The maximum absolute atomic E-state index is 13.5. The van der Waals surface area contributed by atoms with E-state index < -0.39 is 0 Å². The average Bonchev–Trinajstić information content (AvgIpc) is 2.81. The van der Waals surface area contributed by atoms with Gasteiger partial charge in [0.05, 0.1) is 6.04 Å². The highest BCUT2D eigenvalue weighted by Gasteiger charge is 2.34. The zero-order valence-corrected chi connectivity index (χ0v) is 13.4. The Kier molecular flexibility index (Phi) is 5.91. The number of nitrogens with zero attached hydrogens (tertiary/aromatic N) is 1. The molecule has 22 heavy (non-hydrogen) atoms. The van der Waals surface area contributed by atoms with E-state index >= 15 is 0 Å². The van der Waals surface area contributed by atoms with E-state index in [4.69, 9.17) is 5.73 Å². The van der Waals surface area contributed by atoms with Gasteiger partial charge in [0.15, 0.2) is 0 Å². The van der Waals surface area contributed by atoms with Crippen molar-refractivity contribution in [3.05, 3.63) is 35.6 Å². The van der Waals surface area contributed by atoms with E-state index in [1.807, 2.05) is 0 Å². The second-order valence-electron chi connectivity index (χ2n) is 6.49. The van der Waals surface area contributed by atoms with Crippen molar-refractivity contribution in [1.29, 1.82) is 0 Å². The molecule has 2 rings (SSSR count). The van der Waals surface area contributed by atoms with Crippen LogP contribution in [0.15, 0.2) is 24.3 Å². The highest BCUT2D eigenvalue weighted by atomic mass is 19.1. The Bertz CT molecular complexity index is 506. The third kappa shape index (κ3) is 4.52. The summed E-state index contributed by atoms with van der Waals surface area (Å²) in [6.45, 7) is 6.36. The molecule has 0 aliphatic carbocycles. The number of benzene rings is 1. The van der Waals surface area contributed by atoms with E-state index in [-0.39, 0.29) is 23.8 Å². The average molecular weight is 307 g/mol. The van der Waals surface area contributed by atoms with E-state index in [1.165, 1.54) is 6.07 Å². The summed E-state index contributed by atoms with van der Waals surface area (Å²) in [5, 5.41) is 2.92. The Balaban J connectivity index is 1.84. The molecule has 1 aliphatic rings.